The SMILES string of the molecule is COc1cccc(OC)c1-n1c(NSCC(c2ncc(C)cn2)N(C)O)nnc1-c1cncc(C)c1. The van der Waals surface area contributed by atoms with E-state index in [1.54, 1.807) is 46.1 Å². The van der Waals surface area contributed by atoms with E-state index in [2.05, 4.69) is 29.9 Å². The van der Waals surface area contributed by atoms with Crippen molar-refractivity contribution < 1.29 is 14.7 Å². The molecule has 2 N–H and O–H groups in total. The largest absolute Gasteiger partial charge is 0.494 e. The minimum atomic E-state index is -0.444. The van der Waals surface area contributed by atoms with E-state index in [1.807, 2.05) is 42.7 Å². The van der Waals surface area contributed by atoms with Gasteiger partial charge in [-0.15, -0.1) is 10.2 Å². The summed E-state index contributed by atoms with van der Waals surface area (Å²) in [4.78, 5) is 13.0. The lowest BCUT2D eigenvalue weighted by atomic mass is 10.2. The molecule has 3 aromatic heterocycles. The van der Waals surface area contributed by atoms with E-state index in [-0.39, 0.29) is 0 Å². The van der Waals surface area contributed by atoms with Gasteiger partial charge in [-0.25, -0.2) is 9.97 Å². The van der Waals surface area contributed by atoms with Crippen LogP contribution in [0.3, 0.4) is 0 Å². The Morgan fingerprint density at radius 2 is 1.72 bits per heavy atom. The summed E-state index contributed by atoms with van der Waals surface area (Å²) in [6.07, 6.45) is 6.97. The molecule has 0 aliphatic heterocycles. The zero-order valence-electron chi connectivity index (χ0n) is 20.7. The van der Waals surface area contributed by atoms with Gasteiger partial charge in [-0.2, -0.15) is 5.06 Å². The molecule has 0 fully saturated rings. The predicted octanol–water partition coefficient (Wildman–Crippen LogP) is 3.88. The molecular weight excluding hydrogens is 480 g/mol. The van der Waals surface area contributed by atoms with Gasteiger partial charge in [-0.05, 0) is 55.1 Å². The molecule has 12 heteroatoms. The highest BCUT2D eigenvalue weighted by molar-refractivity contribution is 8.00. The number of rotatable bonds is 10. The number of aryl methyl sites for hydroxylation is 2. The zero-order chi connectivity index (χ0) is 25.7. The summed E-state index contributed by atoms with van der Waals surface area (Å²) in [5, 5.41) is 20.2. The third-order valence-corrected chi connectivity index (χ3v) is 6.19. The lowest BCUT2D eigenvalue weighted by Crippen LogP contribution is -2.25. The molecule has 4 aromatic rings. The van der Waals surface area contributed by atoms with Crippen molar-refractivity contribution in [3.8, 4) is 28.6 Å². The van der Waals surface area contributed by atoms with Gasteiger partial charge < -0.3 is 14.7 Å². The van der Waals surface area contributed by atoms with Crippen LogP contribution in [-0.4, -0.2) is 67.0 Å². The highest BCUT2D eigenvalue weighted by Gasteiger charge is 2.24. The van der Waals surface area contributed by atoms with Crippen molar-refractivity contribution in [2.24, 2.45) is 0 Å². The molecule has 0 saturated carbocycles. The first-order chi connectivity index (χ1) is 17.4. The molecule has 0 amide bonds. The summed E-state index contributed by atoms with van der Waals surface area (Å²) in [7, 11) is 4.77. The predicted molar refractivity (Wildman–Crippen MR) is 138 cm³/mol. The fourth-order valence-corrected chi connectivity index (χ4v) is 4.45. The Kier molecular flexibility index (Phi) is 7.98. The smallest absolute Gasteiger partial charge is 0.239 e. The Bertz CT molecular complexity index is 1290. The standard InChI is InChI=1S/C24H28N8O3S/c1-15-9-17(13-25-10-15)23-28-29-24(32(23)21-19(34-4)7-6-8-20(21)35-5)30-36-14-18(31(3)33)22-26-11-16(2)12-27-22/h6-13,18,33H,14H2,1-5H3,(H,29,30). The van der Waals surface area contributed by atoms with Crippen molar-refractivity contribution in [1.29, 1.82) is 0 Å². The number of hydroxylamine groups is 2. The van der Waals surface area contributed by atoms with Gasteiger partial charge in [-0.1, -0.05) is 6.07 Å². The molecule has 0 aliphatic rings. The number of aromatic nitrogens is 6. The summed E-state index contributed by atoms with van der Waals surface area (Å²) in [6, 6.07) is 7.08. The monoisotopic (exact) mass is 508 g/mol. The van der Waals surface area contributed by atoms with E-state index in [0.717, 1.165) is 21.8 Å². The number of anilines is 1. The first-order valence-corrected chi connectivity index (χ1v) is 12.1. The molecule has 1 atom stereocenters. The Morgan fingerprint density at radius 1 is 1.03 bits per heavy atom. The van der Waals surface area contributed by atoms with Gasteiger partial charge in [0.05, 0.1) is 14.2 Å². The van der Waals surface area contributed by atoms with Crippen LogP contribution in [0.5, 0.6) is 11.5 Å². The summed E-state index contributed by atoms with van der Waals surface area (Å²) in [6.45, 7) is 3.88. The summed E-state index contributed by atoms with van der Waals surface area (Å²) >= 11 is 1.34. The number of nitrogens with one attached hydrogen (secondary N) is 1. The number of hydrogen-bond acceptors (Lipinski definition) is 11. The minimum Gasteiger partial charge on any atom is -0.494 e. The Hall–Kier alpha value is -3.74. The summed E-state index contributed by atoms with van der Waals surface area (Å²) < 4.78 is 16.4. The van der Waals surface area contributed by atoms with Crippen molar-refractivity contribution in [3.63, 3.8) is 0 Å². The van der Waals surface area contributed by atoms with E-state index in [0.29, 0.717) is 40.5 Å². The number of nitrogens with zero attached hydrogens (tertiary/aromatic N) is 7. The van der Waals surface area contributed by atoms with Gasteiger partial charge in [0.25, 0.3) is 0 Å². The second-order valence-corrected chi connectivity index (χ2v) is 8.89. The average Bonchev–Trinajstić information content (AvgIpc) is 3.30. The van der Waals surface area contributed by atoms with Crippen molar-refractivity contribution in [3.05, 3.63) is 66.0 Å². The van der Waals surface area contributed by atoms with Crippen LogP contribution in [0.15, 0.2) is 49.1 Å². The van der Waals surface area contributed by atoms with E-state index < -0.39 is 6.04 Å². The van der Waals surface area contributed by atoms with E-state index in [9.17, 15) is 5.21 Å². The van der Waals surface area contributed by atoms with Gasteiger partial charge in [0, 0.05) is 43.2 Å². The maximum absolute atomic E-state index is 10.2. The second kappa shape index (κ2) is 11.3. The quantitative estimate of drug-likeness (QED) is 0.240. The molecule has 0 radical (unpaired) electrons. The van der Waals surface area contributed by atoms with Gasteiger partial charge in [0.2, 0.25) is 5.95 Å². The Labute approximate surface area is 213 Å². The minimum absolute atomic E-state index is 0.424. The fraction of sp³-hybridized carbons (Fsp3) is 0.292. The summed E-state index contributed by atoms with van der Waals surface area (Å²) in [5.41, 5.74) is 3.37. The van der Waals surface area contributed by atoms with Gasteiger partial charge in [0.1, 0.15) is 29.1 Å². The number of hydrogen-bond donors (Lipinski definition) is 2. The molecule has 1 unspecified atom stereocenters. The van der Waals surface area contributed by atoms with E-state index in [4.69, 9.17) is 9.47 Å². The molecule has 0 bridgehead atoms. The molecule has 36 heavy (non-hydrogen) atoms. The third kappa shape index (κ3) is 5.40. The molecule has 3 heterocycles. The molecule has 4 rings (SSSR count). The fourth-order valence-electron chi connectivity index (χ4n) is 3.59. The van der Waals surface area contributed by atoms with Gasteiger partial charge in [0.15, 0.2) is 5.82 Å². The number of pyridine rings is 1. The molecule has 0 saturated heterocycles. The first kappa shape index (κ1) is 25.4. The highest BCUT2D eigenvalue weighted by atomic mass is 32.2. The van der Waals surface area contributed by atoms with E-state index in [1.165, 1.54) is 11.9 Å². The number of ether oxygens (including phenoxy) is 2. The molecule has 188 valence electrons. The first-order valence-electron chi connectivity index (χ1n) is 11.1. The maximum Gasteiger partial charge on any atom is 0.239 e. The van der Waals surface area contributed by atoms with Crippen LogP contribution < -0.4 is 14.2 Å². The second-order valence-electron chi connectivity index (χ2n) is 8.07. The van der Waals surface area contributed by atoms with Crippen LogP contribution in [0, 0.1) is 13.8 Å². The van der Waals surface area contributed by atoms with Gasteiger partial charge in [-0.3, -0.25) is 14.3 Å². The summed E-state index contributed by atoms with van der Waals surface area (Å²) in [5.74, 6) is 3.13. The van der Waals surface area contributed by atoms with Crippen molar-refractivity contribution in [2.45, 2.75) is 19.9 Å². The number of para-hydroxylation sites is 1. The number of benzene rings is 1. The van der Waals surface area contributed by atoms with Crippen molar-refractivity contribution in [2.75, 3.05) is 31.7 Å². The maximum atomic E-state index is 10.2. The molecular formula is C24H28N8O3S. The van der Waals surface area contributed by atoms with Crippen LogP contribution in [0.2, 0.25) is 0 Å². The number of methoxy groups -OCH3 is 2. The van der Waals surface area contributed by atoms with Crippen molar-refractivity contribution in [1.82, 2.24) is 34.8 Å². The highest BCUT2D eigenvalue weighted by Crippen LogP contribution is 2.38. The van der Waals surface area contributed by atoms with E-state index >= 15 is 0 Å². The topological polar surface area (TPSA) is 123 Å². The molecule has 11 nitrogen and oxygen atoms in total. The normalized spacial score (nSPS) is 12.0. The van der Waals surface area contributed by atoms with Crippen LogP contribution in [0.25, 0.3) is 17.1 Å². The van der Waals surface area contributed by atoms with Crippen molar-refractivity contribution >= 4 is 17.9 Å². The zero-order valence-corrected chi connectivity index (χ0v) is 21.5. The molecule has 0 aliphatic carbocycles. The molecule has 1 aromatic carbocycles. The molecule has 0 spiro atoms. The van der Waals surface area contributed by atoms with Crippen LogP contribution in [-0.2, 0) is 0 Å². The lowest BCUT2D eigenvalue weighted by molar-refractivity contribution is -0.0991. The van der Waals surface area contributed by atoms with Crippen LogP contribution in [0.1, 0.15) is 23.0 Å². The van der Waals surface area contributed by atoms with Gasteiger partial charge >= 0.3 is 0 Å². The lowest BCUT2D eigenvalue weighted by Gasteiger charge is -2.21. The van der Waals surface area contributed by atoms with Crippen LogP contribution in [0.4, 0.5) is 5.95 Å². The van der Waals surface area contributed by atoms with Crippen LogP contribution >= 0.6 is 11.9 Å². The Balaban J connectivity index is 1.71. The third-order valence-electron chi connectivity index (χ3n) is 5.38. The average molecular weight is 509 g/mol. The Morgan fingerprint density at radius 3 is 2.33 bits per heavy atom.